The van der Waals surface area contributed by atoms with E-state index in [-0.39, 0.29) is 23.8 Å². The van der Waals surface area contributed by atoms with Gasteiger partial charge in [0.15, 0.2) is 0 Å². The molecule has 0 amide bonds. The van der Waals surface area contributed by atoms with Crippen molar-refractivity contribution in [3.8, 4) is 11.4 Å². The lowest BCUT2D eigenvalue weighted by atomic mass is 10.1. The van der Waals surface area contributed by atoms with Gasteiger partial charge in [0.05, 0.1) is 10.9 Å². The standard InChI is InChI=1S/C22H22N4O3/c1-4-15(3)26-21(27)17-7-5-6-8-18(17)25(22(26)28)13-19-23-20(24-29-19)16-11-9-14(2)10-12-16/h5-12,15H,4,13H2,1-3H3/t15-/m1/s1. The number of hydrogen-bond donors (Lipinski definition) is 0. The summed E-state index contributed by atoms with van der Waals surface area (Å²) >= 11 is 0. The summed E-state index contributed by atoms with van der Waals surface area (Å²) in [6, 6.07) is 14.7. The molecule has 0 unspecified atom stereocenters. The second kappa shape index (κ2) is 7.50. The molecule has 2 heterocycles. The predicted octanol–water partition coefficient (Wildman–Crippen LogP) is 3.54. The van der Waals surface area contributed by atoms with Crippen LogP contribution in [0.3, 0.4) is 0 Å². The fourth-order valence-corrected chi connectivity index (χ4v) is 3.34. The van der Waals surface area contributed by atoms with Crippen LogP contribution in [0.2, 0.25) is 0 Å². The lowest BCUT2D eigenvalue weighted by Gasteiger charge is -2.16. The third-order valence-electron chi connectivity index (χ3n) is 5.18. The number of aromatic nitrogens is 4. The zero-order chi connectivity index (χ0) is 20.5. The van der Waals surface area contributed by atoms with Crippen LogP contribution in [0.15, 0.2) is 62.6 Å². The summed E-state index contributed by atoms with van der Waals surface area (Å²) in [7, 11) is 0. The van der Waals surface area contributed by atoms with Crippen LogP contribution in [0.5, 0.6) is 0 Å². The number of benzene rings is 2. The van der Waals surface area contributed by atoms with Gasteiger partial charge in [-0.1, -0.05) is 54.0 Å². The van der Waals surface area contributed by atoms with Crippen molar-refractivity contribution >= 4 is 10.9 Å². The molecule has 148 valence electrons. The van der Waals surface area contributed by atoms with Crippen molar-refractivity contribution < 1.29 is 4.52 Å². The summed E-state index contributed by atoms with van der Waals surface area (Å²) < 4.78 is 8.23. The maximum atomic E-state index is 13.2. The zero-order valence-corrected chi connectivity index (χ0v) is 16.6. The van der Waals surface area contributed by atoms with E-state index in [1.807, 2.05) is 45.0 Å². The van der Waals surface area contributed by atoms with Gasteiger partial charge in [-0.25, -0.2) is 4.79 Å². The maximum Gasteiger partial charge on any atom is 0.332 e. The van der Waals surface area contributed by atoms with Crippen molar-refractivity contribution in [3.63, 3.8) is 0 Å². The number of aryl methyl sites for hydroxylation is 1. The number of hydrogen-bond acceptors (Lipinski definition) is 5. The van der Waals surface area contributed by atoms with Crippen LogP contribution < -0.4 is 11.2 Å². The summed E-state index contributed by atoms with van der Waals surface area (Å²) in [4.78, 5) is 30.5. The van der Waals surface area contributed by atoms with Gasteiger partial charge in [-0.3, -0.25) is 13.9 Å². The van der Waals surface area contributed by atoms with E-state index >= 15 is 0 Å². The highest BCUT2D eigenvalue weighted by Crippen LogP contribution is 2.17. The first-order chi connectivity index (χ1) is 14.0. The first-order valence-electron chi connectivity index (χ1n) is 9.63. The predicted molar refractivity (Wildman–Crippen MR) is 111 cm³/mol. The Bertz CT molecular complexity index is 1280. The van der Waals surface area contributed by atoms with Gasteiger partial charge in [0, 0.05) is 11.6 Å². The van der Waals surface area contributed by atoms with E-state index in [4.69, 9.17) is 4.52 Å². The van der Waals surface area contributed by atoms with Gasteiger partial charge in [-0.15, -0.1) is 0 Å². The van der Waals surface area contributed by atoms with Gasteiger partial charge in [-0.2, -0.15) is 4.98 Å². The van der Waals surface area contributed by atoms with Crippen molar-refractivity contribution in [1.82, 2.24) is 19.3 Å². The average molecular weight is 390 g/mol. The smallest absolute Gasteiger partial charge is 0.332 e. The fourth-order valence-electron chi connectivity index (χ4n) is 3.34. The Morgan fingerprint density at radius 1 is 1.07 bits per heavy atom. The van der Waals surface area contributed by atoms with E-state index < -0.39 is 0 Å². The first-order valence-corrected chi connectivity index (χ1v) is 9.63. The van der Waals surface area contributed by atoms with Crippen LogP contribution in [-0.4, -0.2) is 19.3 Å². The van der Waals surface area contributed by atoms with Crippen molar-refractivity contribution in [2.75, 3.05) is 0 Å². The summed E-state index contributed by atoms with van der Waals surface area (Å²) in [5, 5.41) is 4.53. The Kier molecular flexibility index (Phi) is 4.88. The van der Waals surface area contributed by atoms with Crippen LogP contribution in [-0.2, 0) is 6.54 Å². The number of para-hydroxylation sites is 1. The molecule has 29 heavy (non-hydrogen) atoms. The number of nitrogens with zero attached hydrogens (tertiary/aromatic N) is 4. The van der Waals surface area contributed by atoms with Crippen molar-refractivity contribution in [2.24, 2.45) is 0 Å². The Morgan fingerprint density at radius 3 is 2.52 bits per heavy atom. The van der Waals surface area contributed by atoms with Gasteiger partial charge in [0.2, 0.25) is 11.7 Å². The lowest BCUT2D eigenvalue weighted by Crippen LogP contribution is -2.41. The first kappa shape index (κ1) is 18.9. The number of rotatable bonds is 5. The third-order valence-corrected chi connectivity index (χ3v) is 5.18. The van der Waals surface area contributed by atoms with Gasteiger partial charge < -0.3 is 4.52 Å². The van der Waals surface area contributed by atoms with E-state index in [0.29, 0.717) is 29.0 Å². The van der Waals surface area contributed by atoms with Gasteiger partial charge in [0.1, 0.15) is 6.54 Å². The minimum atomic E-state index is -0.377. The monoisotopic (exact) mass is 390 g/mol. The summed E-state index contributed by atoms with van der Waals surface area (Å²) in [6.07, 6.45) is 0.672. The highest BCUT2D eigenvalue weighted by molar-refractivity contribution is 5.77. The van der Waals surface area contributed by atoms with Crippen LogP contribution in [0.4, 0.5) is 0 Å². The normalized spacial score (nSPS) is 12.4. The molecule has 0 aliphatic carbocycles. The van der Waals surface area contributed by atoms with Crippen LogP contribution in [0, 0.1) is 6.92 Å². The zero-order valence-electron chi connectivity index (χ0n) is 16.6. The molecule has 7 heteroatoms. The molecule has 0 saturated heterocycles. The molecule has 0 radical (unpaired) electrons. The molecule has 0 aliphatic heterocycles. The minimum Gasteiger partial charge on any atom is -0.337 e. The highest BCUT2D eigenvalue weighted by Gasteiger charge is 2.18. The van der Waals surface area contributed by atoms with Crippen molar-refractivity contribution in [3.05, 3.63) is 80.8 Å². The largest absolute Gasteiger partial charge is 0.337 e. The average Bonchev–Trinajstić information content (AvgIpc) is 3.20. The summed E-state index contributed by atoms with van der Waals surface area (Å²) in [5.41, 5.74) is 1.88. The molecular formula is C22H22N4O3. The molecule has 0 bridgehead atoms. The molecule has 0 saturated carbocycles. The molecule has 0 N–H and O–H groups in total. The lowest BCUT2D eigenvalue weighted by molar-refractivity contribution is 0.367. The third kappa shape index (κ3) is 3.40. The van der Waals surface area contributed by atoms with E-state index in [1.165, 1.54) is 9.13 Å². The molecule has 7 nitrogen and oxygen atoms in total. The Morgan fingerprint density at radius 2 is 1.79 bits per heavy atom. The second-order valence-electron chi connectivity index (χ2n) is 7.20. The van der Waals surface area contributed by atoms with Gasteiger partial charge in [0.25, 0.3) is 5.56 Å². The van der Waals surface area contributed by atoms with Crippen LogP contribution in [0.1, 0.15) is 37.8 Å². The molecular weight excluding hydrogens is 368 g/mol. The van der Waals surface area contributed by atoms with E-state index in [9.17, 15) is 9.59 Å². The van der Waals surface area contributed by atoms with Crippen molar-refractivity contribution in [2.45, 2.75) is 39.8 Å². The quantitative estimate of drug-likeness (QED) is 0.520. The molecule has 1 atom stereocenters. The summed E-state index contributed by atoms with van der Waals surface area (Å²) in [6.45, 7) is 5.91. The maximum absolute atomic E-state index is 13.2. The Balaban J connectivity index is 1.82. The topological polar surface area (TPSA) is 82.9 Å². The Labute approximate surface area is 167 Å². The van der Waals surface area contributed by atoms with Crippen molar-refractivity contribution in [1.29, 1.82) is 0 Å². The fraction of sp³-hybridized carbons (Fsp3) is 0.273. The van der Waals surface area contributed by atoms with Crippen LogP contribution >= 0.6 is 0 Å². The Hall–Kier alpha value is -3.48. The molecule has 0 fully saturated rings. The molecule has 4 aromatic rings. The summed E-state index contributed by atoms with van der Waals surface area (Å²) in [5.74, 6) is 0.773. The minimum absolute atomic E-state index is 0.0922. The molecule has 2 aromatic heterocycles. The van der Waals surface area contributed by atoms with Gasteiger partial charge in [-0.05, 0) is 32.4 Å². The van der Waals surface area contributed by atoms with E-state index in [2.05, 4.69) is 10.1 Å². The van der Waals surface area contributed by atoms with Crippen LogP contribution in [0.25, 0.3) is 22.3 Å². The number of fused-ring (bicyclic) bond motifs is 1. The van der Waals surface area contributed by atoms with E-state index in [1.54, 1.807) is 24.3 Å². The molecule has 2 aromatic carbocycles. The van der Waals surface area contributed by atoms with E-state index in [0.717, 1.165) is 11.1 Å². The second-order valence-corrected chi connectivity index (χ2v) is 7.20. The van der Waals surface area contributed by atoms with Gasteiger partial charge >= 0.3 is 5.69 Å². The highest BCUT2D eigenvalue weighted by atomic mass is 16.5. The molecule has 0 aliphatic rings. The molecule has 0 spiro atoms. The molecule has 4 rings (SSSR count). The SMILES string of the molecule is CC[C@@H](C)n1c(=O)c2ccccc2n(Cc2nc(-c3ccc(C)cc3)no2)c1=O.